The van der Waals surface area contributed by atoms with Crippen LogP contribution in [0.5, 0.6) is 0 Å². The molecule has 9 heteroatoms. The second-order valence-corrected chi connectivity index (χ2v) is 13.1. The van der Waals surface area contributed by atoms with E-state index < -0.39 is 15.8 Å². The fourth-order valence-corrected chi connectivity index (χ4v) is 5.17. The quantitative estimate of drug-likeness (QED) is 0.577. The minimum atomic E-state index is -3.44. The van der Waals surface area contributed by atoms with E-state index in [1.165, 1.54) is 34.9 Å². The van der Waals surface area contributed by atoms with Gasteiger partial charge in [0.15, 0.2) is 0 Å². The summed E-state index contributed by atoms with van der Waals surface area (Å²) in [6, 6.07) is 6.67. The first kappa shape index (κ1) is 27.5. The summed E-state index contributed by atoms with van der Waals surface area (Å²) in [6.07, 6.45) is 4.39. The Morgan fingerprint density at radius 3 is 2.43 bits per heavy atom. The van der Waals surface area contributed by atoms with Gasteiger partial charge in [-0.25, -0.2) is 9.52 Å². The monoisotopic (exact) mass is 506 g/mol. The van der Waals surface area contributed by atoms with Crippen LogP contribution in [-0.2, 0) is 27.9 Å². The molecule has 0 radical (unpaired) electrons. The van der Waals surface area contributed by atoms with Crippen LogP contribution in [0.4, 0.5) is 4.79 Å². The minimum Gasteiger partial charge on any atom is -0.444 e. The van der Waals surface area contributed by atoms with Crippen molar-refractivity contribution in [3.8, 4) is 0 Å². The minimum absolute atomic E-state index is 0.230. The van der Waals surface area contributed by atoms with Crippen LogP contribution in [0.2, 0.25) is 0 Å². The molecule has 0 aliphatic carbocycles. The molecule has 0 atom stereocenters. The van der Waals surface area contributed by atoms with Gasteiger partial charge in [-0.05, 0) is 69.1 Å². The number of hydrogen-bond acceptors (Lipinski definition) is 4. The summed E-state index contributed by atoms with van der Waals surface area (Å²) in [6.45, 7) is 12.7. The fourth-order valence-electron chi connectivity index (χ4n) is 4.55. The van der Waals surface area contributed by atoms with Crippen LogP contribution in [0.3, 0.4) is 0 Å². The topological polar surface area (TPSA) is 83.9 Å². The van der Waals surface area contributed by atoms with Crippen LogP contribution in [-0.4, -0.2) is 67.6 Å². The lowest BCUT2D eigenvalue weighted by Crippen LogP contribution is -2.41. The molecule has 1 aliphatic rings. The standard InChI is InChI=1S/C26H42N4O4S/c1-19(2)17-30-18-22(10-13-27-35(32,33)28(6)7)23-9-8-21(16-24(23)30)20-11-14-29(15-12-20)25(31)34-26(3,4)5/h8-9,16,18-20,27H,10-15,17H2,1-7H3. The predicted octanol–water partition coefficient (Wildman–Crippen LogP) is 4.35. The Kier molecular flexibility index (Phi) is 8.55. The lowest BCUT2D eigenvalue weighted by molar-refractivity contribution is 0.0205. The van der Waals surface area contributed by atoms with Gasteiger partial charge in [0, 0.05) is 57.4 Å². The molecule has 3 rings (SSSR count). The van der Waals surface area contributed by atoms with E-state index >= 15 is 0 Å². The Morgan fingerprint density at radius 2 is 1.86 bits per heavy atom. The Morgan fingerprint density at radius 1 is 1.20 bits per heavy atom. The number of rotatable bonds is 8. The Labute approximate surface area is 210 Å². The maximum absolute atomic E-state index is 12.4. The highest BCUT2D eigenvalue weighted by Crippen LogP contribution is 2.32. The number of hydrogen-bond donors (Lipinski definition) is 1. The van der Waals surface area contributed by atoms with Crippen molar-refractivity contribution < 1.29 is 17.9 Å². The molecule has 2 heterocycles. The van der Waals surface area contributed by atoms with Crippen LogP contribution in [0.25, 0.3) is 10.9 Å². The van der Waals surface area contributed by atoms with Crippen LogP contribution in [0.1, 0.15) is 64.5 Å². The number of piperidine rings is 1. The second kappa shape index (κ2) is 10.9. The zero-order valence-electron chi connectivity index (χ0n) is 22.3. The maximum atomic E-state index is 12.4. The third-order valence-corrected chi connectivity index (χ3v) is 7.86. The third kappa shape index (κ3) is 7.21. The third-order valence-electron chi connectivity index (χ3n) is 6.33. The number of carbonyl (C=O) groups excluding carboxylic acids is 1. The number of nitrogens with zero attached hydrogens (tertiary/aromatic N) is 3. The molecule has 0 saturated carbocycles. The normalized spacial score (nSPS) is 16.0. The lowest BCUT2D eigenvalue weighted by Gasteiger charge is -2.33. The van der Waals surface area contributed by atoms with E-state index in [4.69, 9.17) is 4.74 Å². The number of benzene rings is 1. The van der Waals surface area contributed by atoms with E-state index in [1.807, 2.05) is 25.7 Å². The van der Waals surface area contributed by atoms with Crippen LogP contribution >= 0.6 is 0 Å². The van der Waals surface area contributed by atoms with Gasteiger partial charge < -0.3 is 14.2 Å². The molecule has 1 amide bonds. The maximum Gasteiger partial charge on any atom is 0.410 e. The van der Waals surface area contributed by atoms with Crippen molar-refractivity contribution in [3.63, 3.8) is 0 Å². The zero-order valence-corrected chi connectivity index (χ0v) is 23.1. The molecule has 1 aliphatic heterocycles. The average Bonchev–Trinajstić information content (AvgIpc) is 3.08. The second-order valence-electron chi connectivity index (χ2n) is 11.2. The average molecular weight is 507 g/mol. The highest BCUT2D eigenvalue weighted by atomic mass is 32.2. The number of fused-ring (bicyclic) bond motifs is 1. The predicted molar refractivity (Wildman–Crippen MR) is 141 cm³/mol. The van der Waals surface area contributed by atoms with Gasteiger partial charge in [0.1, 0.15) is 5.60 Å². The number of likely N-dealkylation sites (tertiary alicyclic amines) is 1. The summed E-state index contributed by atoms with van der Waals surface area (Å²) in [4.78, 5) is 14.2. The molecular formula is C26H42N4O4S. The highest BCUT2D eigenvalue weighted by molar-refractivity contribution is 7.87. The van der Waals surface area contributed by atoms with E-state index in [9.17, 15) is 13.2 Å². The van der Waals surface area contributed by atoms with Gasteiger partial charge in [-0.15, -0.1) is 0 Å². The molecule has 1 fully saturated rings. The summed E-state index contributed by atoms with van der Waals surface area (Å²) in [5, 5.41) is 1.17. The summed E-state index contributed by atoms with van der Waals surface area (Å²) in [5.74, 6) is 0.891. The summed E-state index contributed by atoms with van der Waals surface area (Å²) < 4.78 is 35.8. The fraction of sp³-hybridized carbons (Fsp3) is 0.654. The zero-order chi connectivity index (χ0) is 26.0. The van der Waals surface area contributed by atoms with E-state index in [0.717, 1.165) is 24.9 Å². The molecule has 1 aromatic heterocycles. The van der Waals surface area contributed by atoms with E-state index in [1.54, 1.807) is 0 Å². The summed E-state index contributed by atoms with van der Waals surface area (Å²) in [7, 11) is -0.388. The van der Waals surface area contributed by atoms with Crippen molar-refractivity contribution >= 4 is 27.2 Å². The number of amides is 1. The van der Waals surface area contributed by atoms with Crippen LogP contribution < -0.4 is 4.72 Å². The summed E-state index contributed by atoms with van der Waals surface area (Å²) in [5.41, 5.74) is 3.15. The van der Waals surface area contributed by atoms with Crippen molar-refractivity contribution in [1.82, 2.24) is 18.5 Å². The molecule has 8 nitrogen and oxygen atoms in total. The van der Waals surface area contributed by atoms with Gasteiger partial charge in [-0.1, -0.05) is 26.0 Å². The number of nitrogens with one attached hydrogen (secondary N) is 1. The number of carbonyl (C=O) groups is 1. The van der Waals surface area contributed by atoms with Gasteiger partial charge in [0.25, 0.3) is 10.2 Å². The molecule has 0 bridgehead atoms. The molecule has 35 heavy (non-hydrogen) atoms. The van der Waals surface area contributed by atoms with Crippen LogP contribution in [0, 0.1) is 5.92 Å². The smallest absolute Gasteiger partial charge is 0.410 e. The first-order valence-electron chi connectivity index (χ1n) is 12.5. The van der Waals surface area contributed by atoms with Crippen molar-refractivity contribution in [2.45, 2.75) is 71.9 Å². The van der Waals surface area contributed by atoms with Gasteiger partial charge in [0.2, 0.25) is 0 Å². The van der Waals surface area contributed by atoms with Crippen molar-refractivity contribution in [3.05, 3.63) is 35.5 Å². The van der Waals surface area contributed by atoms with Crippen LogP contribution in [0.15, 0.2) is 24.4 Å². The first-order valence-corrected chi connectivity index (χ1v) is 14.0. The van der Waals surface area contributed by atoms with E-state index in [0.29, 0.717) is 37.9 Å². The molecule has 1 aromatic carbocycles. The van der Waals surface area contributed by atoms with Crippen molar-refractivity contribution in [2.75, 3.05) is 33.7 Å². The SMILES string of the molecule is CC(C)Cn1cc(CCNS(=O)(=O)N(C)C)c2ccc(C3CCN(C(=O)OC(C)(C)C)CC3)cc21. The van der Waals surface area contributed by atoms with E-state index in [-0.39, 0.29) is 6.09 Å². The largest absolute Gasteiger partial charge is 0.444 e. The molecule has 0 spiro atoms. The molecule has 1 saturated heterocycles. The van der Waals surface area contributed by atoms with Gasteiger partial charge in [-0.2, -0.15) is 12.7 Å². The Balaban J connectivity index is 1.75. The van der Waals surface area contributed by atoms with E-state index in [2.05, 4.69) is 47.5 Å². The van der Waals surface area contributed by atoms with Gasteiger partial charge >= 0.3 is 6.09 Å². The first-order chi connectivity index (χ1) is 16.3. The molecule has 0 unspecified atom stereocenters. The Bertz CT molecular complexity index is 1120. The molecule has 196 valence electrons. The molecular weight excluding hydrogens is 464 g/mol. The molecule has 2 aromatic rings. The van der Waals surface area contributed by atoms with Crippen molar-refractivity contribution in [2.24, 2.45) is 5.92 Å². The highest BCUT2D eigenvalue weighted by Gasteiger charge is 2.28. The lowest BCUT2D eigenvalue weighted by atomic mass is 9.89. The number of aromatic nitrogens is 1. The summed E-state index contributed by atoms with van der Waals surface area (Å²) >= 11 is 0. The Hall–Kier alpha value is -2.10. The van der Waals surface area contributed by atoms with Crippen molar-refractivity contribution in [1.29, 1.82) is 0 Å². The van der Waals surface area contributed by atoms with Gasteiger partial charge in [-0.3, -0.25) is 0 Å². The molecule has 1 N–H and O–H groups in total. The number of ether oxygens (including phenoxy) is 1. The van der Waals surface area contributed by atoms with Gasteiger partial charge in [0.05, 0.1) is 0 Å².